The van der Waals surface area contributed by atoms with Crippen LogP contribution in [0.1, 0.15) is 67.9 Å². The van der Waals surface area contributed by atoms with E-state index in [1.165, 1.54) is 7.14 Å². The standard InChI is InChI=1S/C30H41INO7/c1-28(2,3)37-25(33)24(32(26(34)38-29(4,5)6)27(35)39-30(7,8)9)19-20-11-13-21(14-12-20)31-22-15-17-23(36-10)18-16-22/h11-18,24H,19H2,1-10H3/q+1/t24-/m0/s1. The van der Waals surface area contributed by atoms with Gasteiger partial charge in [-0.15, -0.1) is 0 Å². The molecule has 0 N–H and O–H groups in total. The maximum absolute atomic E-state index is 13.4. The van der Waals surface area contributed by atoms with Crippen molar-refractivity contribution in [3.63, 3.8) is 0 Å². The SMILES string of the molecule is COc1ccc([I+]c2ccc(C[C@@H](C(=O)OC(C)(C)C)N(C(=O)OC(C)(C)C)C(=O)OC(C)(C)C)cc2)cc1. The molecular formula is C30H41INO7+. The Kier molecular flexibility index (Phi) is 10.8. The minimum atomic E-state index is -1.30. The van der Waals surface area contributed by atoms with Crippen LogP contribution in [0.15, 0.2) is 48.5 Å². The second-order valence-corrected chi connectivity index (χ2v) is 15.0. The monoisotopic (exact) mass is 654 g/mol. The van der Waals surface area contributed by atoms with Crippen LogP contribution in [0.3, 0.4) is 0 Å². The van der Waals surface area contributed by atoms with Gasteiger partial charge in [-0.05, 0) is 104 Å². The predicted molar refractivity (Wildman–Crippen MR) is 144 cm³/mol. The summed E-state index contributed by atoms with van der Waals surface area (Å²) in [7, 11) is 1.64. The van der Waals surface area contributed by atoms with Crippen LogP contribution >= 0.6 is 0 Å². The van der Waals surface area contributed by atoms with Gasteiger partial charge in [0.2, 0.25) is 0 Å². The Morgan fingerprint density at radius 3 is 1.49 bits per heavy atom. The molecule has 0 aliphatic rings. The van der Waals surface area contributed by atoms with Crippen molar-refractivity contribution in [2.75, 3.05) is 7.11 Å². The predicted octanol–water partition coefficient (Wildman–Crippen LogP) is 3.25. The summed E-state index contributed by atoms with van der Waals surface area (Å²) in [6.07, 6.45) is -1.92. The molecule has 0 fully saturated rings. The number of rotatable bonds is 7. The lowest BCUT2D eigenvalue weighted by atomic mass is 10.0. The number of benzene rings is 2. The lowest BCUT2D eigenvalue weighted by molar-refractivity contribution is -0.597. The van der Waals surface area contributed by atoms with Crippen molar-refractivity contribution in [3.8, 4) is 5.75 Å². The molecule has 1 atom stereocenters. The molecule has 0 saturated heterocycles. The quantitative estimate of drug-likeness (QED) is 0.257. The van der Waals surface area contributed by atoms with Crippen molar-refractivity contribution >= 4 is 18.2 Å². The molecule has 2 aromatic rings. The molecule has 39 heavy (non-hydrogen) atoms. The van der Waals surface area contributed by atoms with E-state index in [-0.39, 0.29) is 6.42 Å². The van der Waals surface area contributed by atoms with Gasteiger partial charge < -0.3 is 18.9 Å². The van der Waals surface area contributed by atoms with Crippen molar-refractivity contribution < 1.29 is 54.5 Å². The van der Waals surface area contributed by atoms with E-state index in [0.29, 0.717) is 0 Å². The average Bonchev–Trinajstić information content (AvgIpc) is 2.77. The first-order valence-electron chi connectivity index (χ1n) is 12.7. The molecule has 0 saturated carbocycles. The Hall–Kier alpha value is -2.82. The summed E-state index contributed by atoms with van der Waals surface area (Å²) < 4.78 is 24.3. The largest absolute Gasteiger partial charge is 0.497 e. The highest BCUT2D eigenvalue weighted by Crippen LogP contribution is 2.22. The van der Waals surface area contributed by atoms with Crippen molar-refractivity contribution in [2.45, 2.75) is 91.6 Å². The zero-order valence-corrected chi connectivity index (χ0v) is 26.7. The second-order valence-electron chi connectivity index (χ2n) is 12.0. The number of carbonyl (C=O) groups is 3. The Morgan fingerprint density at radius 2 is 1.10 bits per heavy atom. The number of imide groups is 1. The molecule has 0 bridgehead atoms. The van der Waals surface area contributed by atoms with E-state index in [2.05, 4.69) is 12.1 Å². The van der Waals surface area contributed by atoms with E-state index >= 15 is 0 Å². The normalized spacial score (nSPS) is 12.8. The van der Waals surface area contributed by atoms with Crippen molar-refractivity contribution in [1.82, 2.24) is 4.90 Å². The van der Waals surface area contributed by atoms with Crippen LogP contribution in [0.25, 0.3) is 0 Å². The fourth-order valence-corrected chi connectivity index (χ4v) is 5.42. The zero-order valence-electron chi connectivity index (χ0n) is 24.6. The molecule has 0 aliphatic carbocycles. The van der Waals surface area contributed by atoms with Crippen LogP contribution in [-0.2, 0) is 25.4 Å². The molecule has 8 nitrogen and oxygen atoms in total. The lowest BCUT2D eigenvalue weighted by Gasteiger charge is -2.33. The number of carbonyl (C=O) groups excluding carboxylic acids is 3. The van der Waals surface area contributed by atoms with Crippen LogP contribution in [0.4, 0.5) is 9.59 Å². The highest BCUT2D eigenvalue weighted by atomic mass is 127. The Bertz CT molecular complexity index is 1100. The molecule has 2 rings (SSSR count). The van der Waals surface area contributed by atoms with Gasteiger partial charge in [0, 0.05) is 6.42 Å². The molecule has 0 radical (unpaired) electrons. The Labute approximate surface area is 242 Å². The van der Waals surface area contributed by atoms with Crippen LogP contribution in [0, 0.1) is 7.14 Å². The summed E-state index contributed by atoms with van der Waals surface area (Å²) in [4.78, 5) is 40.7. The van der Waals surface area contributed by atoms with Gasteiger partial charge >= 0.3 is 39.4 Å². The Balaban J connectivity index is 2.40. The third-order valence-corrected chi connectivity index (χ3v) is 7.46. The zero-order chi connectivity index (χ0) is 29.6. The first-order chi connectivity index (χ1) is 17.9. The van der Waals surface area contributed by atoms with Crippen molar-refractivity contribution in [1.29, 1.82) is 0 Å². The van der Waals surface area contributed by atoms with Crippen LogP contribution in [-0.4, -0.2) is 53.0 Å². The molecule has 0 heterocycles. The highest BCUT2D eigenvalue weighted by Gasteiger charge is 2.42. The van der Waals surface area contributed by atoms with Gasteiger partial charge in [0.1, 0.15) is 28.6 Å². The summed E-state index contributed by atoms with van der Waals surface area (Å²) in [6, 6.07) is 14.5. The summed E-state index contributed by atoms with van der Waals surface area (Å²) in [5, 5.41) is 0. The third-order valence-electron chi connectivity index (χ3n) is 4.78. The number of nitrogens with zero attached hydrogens (tertiary/aromatic N) is 1. The number of methoxy groups -OCH3 is 1. The lowest BCUT2D eigenvalue weighted by Crippen LogP contribution is -3.61. The van der Waals surface area contributed by atoms with Gasteiger partial charge in [-0.25, -0.2) is 14.4 Å². The average molecular weight is 655 g/mol. The molecular weight excluding hydrogens is 613 g/mol. The number of halogens is 1. The van der Waals surface area contributed by atoms with E-state index in [1.807, 2.05) is 36.4 Å². The number of esters is 1. The number of ether oxygens (including phenoxy) is 4. The summed E-state index contributed by atoms with van der Waals surface area (Å²) in [5.41, 5.74) is -1.88. The number of amides is 2. The molecule has 9 heteroatoms. The molecule has 0 spiro atoms. The first-order valence-corrected chi connectivity index (χ1v) is 14.9. The van der Waals surface area contributed by atoms with Gasteiger partial charge in [0.25, 0.3) is 0 Å². The van der Waals surface area contributed by atoms with Gasteiger partial charge in [0.15, 0.2) is 7.14 Å². The molecule has 0 aliphatic heterocycles. The fraction of sp³-hybridized carbons (Fsp3) is 0.500. The molecule has 0 aromatic heterocycles. The smallest absolute Gasteiger partial charge is 0.420 e. The van der Waals surface area contributed by atoms with Crippen LogP contribution in [0.2, 0.25) is 0 Å². The minimum Gasteiger partial charge on any atom is -0.497 e. The van der Waals surface area contributed by atoms with Crippen LogP contribution in [0.5, 0.6) is 5.75 Å². The first kappa shape index (κ1) is 32.4. The number of hydrogen-bond acceptors (Lipinski definition) is 7. The van der Waals surface area contributed by atoms with Crippen molar-refractivity contribution in [2.24, 2.45) is 0 Å². The highest BCUT2D eigenvalue weighted by molar-refractivity contribution is 5.94. The van der Waals surface area contributed by atoms with E-state index in [4.69, 9.17) is 18.9 Å². The van der Waals surface area contributed by atoms with Gasteiger partial charge in [0.05, 0.1) is 7.11 Å². The summed E-state index contributed by atoms with van der Waals surface area (Å²) >= 11 is -0.427. The summed E-state index contributed by atoms with van der Waals surface area (Å²) in [5.74, 6) is 0.0831. The van der Waals surface area contributed by atoms with Gasteiger partial charge in [-0.3, -0.25) is 0 Å². The maximum Gasteiger partial charge on any atom is 0.420 e. The maximum atomic E-state index is 13.4. The molecule has 2 aromatic carbocycles. The number of hydrogen-bond donors (Lipinski definition) is 0. The van der Waals surface area contributed by atoms with Crippen molar-refractivity contribution in [3.05, 3.63) is 61.2 Å². The van der Waals surface area contributed by atoms with E-state index < -0.39 is 62.2 Å². The van der Waals surface area contributed by atoms with E-state index in [1.54, 1.807) is 69.4 Å². The Morgan fingerprint density at radius 1 is 0.692 bits per heavy atom. The summed E-state index contributed by atoms with van der Waals surface area (Å²) in [6.45, 7) is 15.3. The molecule has 2 amide bonds. The second kappa shape index (κ2) is 13.0. The van der Waals surface area contributed by atoms with E-state index in [9.17, 15) is 14.4 Å². The van der Waals surface area contributed by atoms with E-state index in [0.717, 1.165) is 16.2 Å². The topological polar surface area (TPSA) is 91.4 Å². The molecule has 0 unspecified atom stereocenters. The molecule has 214 valence electrons. The van der Waals surface area contributed by atoms with Crippen LogP contribution < -0.4 is 25.9 Å². The third kappa shape index (κ3) is 11.4. The minimum absolute atomic E-state index is 0.0362. The van der Waals surface area contributed by atoms with Gasteiger partial charge in [-0.1, -0.05) is 12.1 Å². The fourth-order valence-electron chi connectivity index (χ4n) is 3.27. The van der Waals surface area contributed by atoms with Gasteiger partial charge in [-0.2, -0.15) is 4.90 Å².